The van der Waals surface area contributed by atoms with Gasteiger partial charge in [-0.15, -0.1) is 0 Å². The first kappa shape index (κ1) is 12.4. The van der Waals surface area contributed by atoms with Gasteiger partial charge in [0.15, 0.2) is 5.79 Å². The van der Waals surface area contributed by atoms with Crippen LogP contribution in [0, 0.1) is 0 Å². The predicted molar refractivity (Wildman–Crippen MR) is 51.1 cm³/mol. The van der Waals surface area contributed by atoms with Crippen molar-refractivity contribution in [2.24, 2.45) is 0 Å². The van der Waals surface area contributed by atoms with Crippen molar-refractivity contribution in [3.63, 3.8) is 0 Å². The Bertz CT molecular complexity index is 250. The van der Waals surface area contributed by atoms with Gasteiger partial charge in [0.05, 0.1) is 19.8 Å². The van der Waals surface area contributed by atoms with Crippen LogP contribution in [0.25, 0.3) is 0 Å². The molecule has 0 aromatic rings. The smallest absolute Gasteiger partial charge is 0.343 e. The quantitative estimate of drug-likeness (QED) is 0.675. The maximum atomic E-state index is 13.8. The summed E-state index contributed by atoms with van der Waals surface area (Å²) in [6.45, 7) is 4.98. The van der Waals surface area contributed by atoms with Gasteiger partial charge in [0.2, 0.25) is 5.67 Å². The van der Waals surface area contributed by atoms with Gasteiger partial charge in [0.1, 0.15) is 0 Å². The van der Waals surface area contributed by atoms with E-state index in [1.807, 2.05) is 0 Å². The molecule has 0 aromatic carbocycles. The first-order chi connectivity index (χ1) is 6.77. The highest BCUT2D eigenvalue weighted by Crippen LogP contribution is 2.29. The lowest BCUT2D eigenvalue weighted by atomic mass is 10.0. The van der Waals surface area contributed by atoms with E-state index >= 15 is 0 Å². The van der Waals surface area contributed by atoms with Crippen LogP contribution < -0.4 is 0 Å². The average molecular weight is 220 g/mol. The molecule has 1 saturated heterocycles. The van der Waals surface area contributed by atoms with E-state index < -0.39 is 23.5 Å². The number of methoxy groups -OCH3 is 1. The maximum absolute atomic E-state index is 13.8. The molecule has 4 nitrogen and oxygen atoms in total. The highest BCUT2D eigenvalue weighted by molar-refractivity contribution is 5.78. The topological polar surface area (TPSA) is 44.8 Å². The summed E-state index contributed by atoms with van der Waals surface area (Å²) in [7, 11) is 1.16. The number of alkyl halides is 1. The monoisotopic (exact) mass is 220 g/mol. The molecule has 0 bridgehead atoms. The fraction of sp³-hybridized carbons (Fsp3) is 0.900. The number of esters is 1. The standard InChI is InChI=1S/C10H17FO4/c1-9(2)14-6-7(15-9)5-10(3,11)8(12)13-4/h7H,5-6H2,1-4H3/t7?,10-/m0/s1. The molecule has 1 aliphatic rings. The van der Waals surface area contributed by atoms with Gasteiger partial charge in [-0.25, -0.2) is 9.18 Å². The Hall–Kier alpha value is -0.680. The van der Waals surface area contributed by atoms with Crippen LogP contribution in [0.2, 0.25) is 0 Å². The predicted octanol–water partition coefficient (Wildman–Crippen LogP) is 1.43. The minimum Gasteiger partial charge on any atom is -0.467 e. The van der Waals surface area contributed by atoms with E-state index in [2.05, 4.69) is 4.74 Å². The van der Waals surface area contributed by atoms with E-state index in [0.717, 1.165) is 7.11 Å². The summed E-state index contributed by atoms with van der Waals surface area (Å²) in [5.74, 6) is -1.58. The first-order valence-corrected chi connectivity index (χ1v) is 4.86. The number of hydrogen-bond acceptors (Lipinski definition) is 4. The average Bonchev–Trinajstić information content (AvgIpc) is 2.43. The van der Waals surface area contributed by atoms with E-state index in [0.29, 0.717) is 6.61 Å². The summed E-state index contributed by atoms with van der Waals surface area (Å²) < 4.78 is 28.8. The number of ether oxygens (including phenoxy) is 3. The van der Waals surface area contributed by atoms with Crippen molar-refractivity contribution in [2.75, 3.05) is 13.7 Å². The molecule has 2 atom stereocenters. The zero-order valence-electron chi connectivity index (χ0n) is 9.50. The summed E-state index contributed by atoms with van der Waals surface area (Å²) in [6, 6.07) is 0. The zero-order chi connectivity index (χ0) is 11.7. The summed E-state index contributed by atoms with van der Waals surface area (Å²) in [5, 5.41) is 0. The Morgan fingerprint density at radius 3 is 2.67 bits per heavy atom. The van der Waals surface area contributed by atoms with Crippen LogP contribution in [-0.2, 0) is 19.0 Å². The number of halogens is 1. The molecule has 0 saturated carbocycles. The Labute approximate surface area is 88.7 Å². The molecule has 0 aliphatic carbocycles. The maximum Gasteiger partial charge on any atom is 0.343 e. The molecule has 1 rings (SSSR count). The minimum absolute atomic E-state index is 0.0525. The number of carbonyl (C=O) groups is 1. The first-order valence-electron chi connectivity index (χ1n) is 4.86. The molecular formula is C10H17FO4. The molecule has 0 amide bonds. The Kier molecular flexibility index (Phi) is 3.35. The largest absolute Gasteiger partial charge is 0.467 e. The molecule has 0 N–H and O–H groups in total. The van der Waals surface area contributed by atoms with Gasteiger partial charge in [-0.1, -0.05) is 0 Å². The summed E-state index contributed by atoms with van der Waals surface area (Å²) in [6.07, 6.45) is -0.461. The molecule has 1 heterocycles. The molecule has 88 valence electrons. The molecule has 1 unspecified atom stereocenters. The second kappa shape index (κ2) is 4.06. The molecular weight excluding hydrogens is 203 g/mol. The van der Waals surface area contributed by atoms with Crippen LogP contribution in [0.15, 0.2) is 0 Å². The number of carbonyl (C=O) groups excluding carboxylic acids is 1. The van der Waals surface area contributed by atoms with Crippen molar-refractivity contribution < 1.29 is 23.4 Å². The van der Waals surface area contributed by atoms with Gasteiger partial charge in [0, 0.05) is 6.42 Å². The number of rotatable bonds is 3. The molecule has 15 heavy (non-hydrogen) atoms. The van der Waals surface area contributed by atoms with Crippen molar-refractivity contribution in [2.45, 2.75) is 44.8 Å². The minimum atomic E-state index is -2.02. The second-order valence-electron chi connectivity index (χ2n) is 4.34. The van der Waals surface area contributed by atoms with Gasteiger partial charge in [0.25, 0.3) is 0 Å². The van der Waals surface area contributed by atoms with E-state index in [9.17, 15) is 9.18 Å². The van der Waals surface area contributed by atoms with Crippen LogP contribution in [0.4, 0.5) is 4.39 Å². The lowest BCUT2D eigenvalue weighted by Crippen LogP contribution is -2.36. The van der Waals surface area contributed by atoms with E-state index in [1.54, 1.807) is 13.8 Å². The third kappa shape index (κ3) is 3.14. The molecule has 1 aliphatic heterocycles. The molecule has 0 radical (unpaired) electrons. The van der Waals surface area contributed by atoms with Gasteiger partial charge in [-0.3, -0.25) is 0 Å². The van der Waals surface area contributed by atoms with Crippen molar-refractivity contribution in [1.82, 2.24) is 0 Å². The van der Waals surface area contributed by atoms with Gasteiger partial charge in [-0.2, -0.15) is 0 Å². The van der Waals surface area contributed by atoms with Crippen molar-refractivity contribution in [1.29, 1.82) is 0 Å². The van der Waals surface area contributed by atoms with Crippen molar-refractivity contribution in [3.8, 4) is 0 Å². The zero-order valence-corrected chi connectivity index (χ0v) is 9.50. The van der Waals surface area contributed by atoms with Gasteiger partial charge >= 0.3 is 5.97 Å². The van der Waals surface area contributed by atoms with Gasteiger partial charge < -0.3 is 14.2 Å². The fourth-order valence-electron chi connectivity index (χ4n) is 1.59. The van der Waals surface area contributed by atoms with Crippen LogP contribution in [0.1, 0.15) is 27.2 Å². The molecule has 0 spiro atoms. The Morgan fingerprint density at radius 1 is 1.67 bits per heavy atom. The third-order valence-electron chi connectivity index (χ3n) is 2.29. The van der Waals surface area contributed by atoms with Crippen LogP contribution >= 0.6 is 0 Å². The van der Waals surface area contributed by atoms with Crippen LogP contribution in [-0.4, -0.2) is 37.2 Å². The Morgan fingerprint density at radius 2 is 2.27 bits per heavy atom. The molecule has 1 fully saturated rings. The van der Waals surface area contributed by atoms with E-state index in [-0.39, 0.29) is 6.42 Å². The van der Waals surface area contributed by atoms with Crippen molar-refractivity contribution in [3.05, 3.63) is 0 Å². The summed E-state index contributed by atoms with van der Waals surface area (Å²) in [4.78, 5) is 11.1. The van der Waals surface area contributed by atoms with E-state index in [1.165, 1.54) is 6.92 Å². The van der Waals surface area contributed by atoms with Gasteiger partial charge in [-0.05, 0) is 20.8 Å². The third-order valence-corrected chi connectivity index (χ3v) is 2.29. The van der Waals surface area contributed by atoms with E-state index in [4.69, 9.17) is 9.47 Å². The fourth-order valence-corrected chi connectivity index (χ4v) is 1.59. The SMILES string of the molecule is COC(=O)[C@@](C)(F)CC1COC(C)(C)O1. The van der Waals surface area contributed by atoms with Crippen molar-refractivity contribution >= 4 is 5.97 Å². The summed E-state index contributed by atoms with van der Waals surface area (Å²) >= 11 is 0. The second-order valence-corrected chi connectivity index (χ2v) is 4.34. The lowest BCUT2D eigenvalue weighted by Gasteiger charge is -2.22. The highest BCUT2D eigenvalue weighted by Gasteiger charge is 2.42. The van der Waals surface area contributed by atoms with Crippen LogP contribution in [0.5, 0.6) is 0 Å². The highest BCUT2D eigenvalue weighted by atomic mass is 19.1. The van der Waals surface area contributed by atoms with Crippen LogP contribution in [0.3, 0.4) is 0 Å². The normalized spacial score (nSPS) is 28.5. The lowest BCUT2D eigenvalue weighted by molar-refractivity contribution is -0.161. The Balaban J connectivity index is 2.52. The number of hydrogen-bond donors (Lipinski definition) is 0. The molecule has 5 heteroatoms. The summed E-state index contributed by atoms with van der Waals surface area (Å²) in [5.41, 5.74) is -2.02. The molecule has 0 aromatic heterocycles.